The molecule has 0 fully saturated rings. The van der Waals surface area contributed by atoms with Gasteiger partial charge in [0, 0.05) is 16.7 Å². The summed E-state index contributed by atoms with van der Waals surface area (Å²) in [6.07, 6.45) is 0.783. The van der Waals surface area contributed by atoms with Crippen LogP contribution in [0.15, 0.2) is 42.5 Å². The molecule has 0 heterocycles. The minimum atomic E-state index is -0.787. The third-order valence-corrected chi connectivity index (χ3v) is 5.15. The number of hydrazine groups is 1. The molecule has 0 aromatic heterocycles. The van der Waals surface area contributed by atoms with E-state index < -0.39 is 21.9 Å². The maximum atomic E-state index is 13.8. The molecule has 2 aromatic rings. The van der Waals surface area contributed by atoms with Gasteiger partial charge in [0.25, 0.3) is 11.8 Å². The Balaban J connectivity index is 2.30. The lowest BCUT2D eigenvalue weighted by atomic mass is 10.1. The molecule has 29 heavy (non-hydrogen) atoms. The third-order valence-electron chi connectivity index (χ3n) is 4.42. The highest BCUT2D eigenvalue weighted by Gasteiger charge is 2.24. The number of alkyl halides is 2. The van der Waals surface area contributed by atoms with E-state index in [4.69, 9.17) is 16.9 Å². The molecule has 2 amide bonds. The molecule has 0 radical (unpaired) electrons. The highest BCUT2D eigenvalue weighted by atomic mass is 79.9. The molecule has 8 heteroatoms. The fraction of sp³-hybridized carbons (Fsp3) is 0.286. The van der Waals surface area contributed by atoms with Crippen LogP contribution in [0, 0.1) is 17.1 Å². The van der Waals surface area contributed by atoms with Gasteiger partial charge in [0.2, 0.25) is 0 Å². The summed E-state index contributed by atoms with van der Waals surface area (Å²) in [5.41, 5.74) is 3.99. The topological polar surface area (TPSA) is 73.2 Å². The molecule has 0 aliphatic rings. The lowest BCUT2D eigenvalue weighted by Gasteiger charge is -2.29. The number of amides is 2. The van der Waals surface area contributed by atoms with Crippen LogP contribution in [0.5, 0.6) is 0 Å². The molecule has 2 atom stereocenters. The Kier molecular flexibility index (Phi) is 8.18. The van der Waals surface area contributed by atoms with Gasteiger partial charge in [-0.25, -0.2) is 9.40 Å². The van der Waals surface area contributed by atoms with E-state index in [1.165, 1.54) is 17.1 Å². The van der Waals surface area contributed by atoms with Crippen LogP contribution in [0.3, 0.4) is 0 Å². The van der Waals surface area contributed by atoms with E-state index in [9.17, 15) is 14.0 Å². The van der Waals surface area contributed by atoms with Crippen molar-refractivity contribution in [2.75, 3.05) is 0 Å². The van der Waals surface area contributed by atoms with Crippen LogP contribution >= 0.6 is 27.5 Å². The van der Waals surface area contributed by atoms with Crippen molar-refractivity contribution in [1.29, 1.82) is 5.26 Å². The van der Waals surface area contributed by atoms with Gasteiger partial charge in [-0.1, -0.05) is 35.0 Å². The minimum Gasteiger partial charge on any atom is -0.267 e. The number of hydrogen-bond donors (Lipinski definition) is 1. The zero-order chi connectivity index (χ0) is 21.6. The Bertz CT molecular complexity index is 946. The molecular formula is C21H20BrClFN3O2. The first-order valence-corrected chi connectivity index (χ1v) is 10.3. The number of hydrogen-bond acceptors (Lipinski definition) is 3. The second-order valence-corrected chi connectivity index (χ2v) is 8.32. The van der Waals surface area contributed by atoms with Crippen LogP contribution in [0.2, 0.25) is 0 Å². The standard InChI is InChI=1S/C21H20BrClFN3O2/c1-3-13(2)27(21(29)16-6-4-5-14(11-16)9-10-25)26-20(28)15-7-8-18(24)17(12-15)19(22)23/h4-8,11-13,19H,3,9H2,1-2H3,(H,26,28). The van der Waals surface area contributed by atoms with Crippen molar-refractivity contribution in [3.63, 3.8) is 0 Å². The fourth-order valence-electron chi connectivity index (χ4n) is 2.61. The summed E-state index contributed by atoms with van der Waals surface area (Å²) in [5.74, 6) is -1.49. The molecule has 0 saturated heterocycles. The average molecular weight is 481 g/mol. The summed E-state index contributed by atoms with van der Waals surface area (Å²) < 4.78 is 13.1. The predicted octanol–water partition coefficient (Wildman–Crippen LogP) is 5.11. The van der Waals surface area contributed by atoms with Crippen LogP contribution in [-0.2, 0) is 6.42 Å². The van der Waals surface area contributed by atoms with Crippen LogP contribution in [0.25, 0.3) is 0 Å². The quantitative estimate of drug-likeness (QED) is 0.461. The Labute approximate surface area is 182 Å². The molecule has 0 aliphatic heterocycles. The van der Waals surface area contributed by atoms with E-state index in [2.05, 4.69) is 21.4 Å². The van der Waals surface area contributed by atoms with E-state index in [0.717, 1.165) is 6.07 Å². The molecule has 0 spiro atoms. The number of carbonyl (C=O) groups excluding carboxylic acids is 2. The van der Waals surface area contributed by atoms with Crippen molar-refractivity contribution in [2.24, 2.45) is 0 Å². The molecule has 2 rings (SSSR count). The van der Waals surface area contributed by atoms with Crippen molar-refractivity contribution in [3.8, 4) is 6.07 Å². The molecule has 2 aromatic carbocycles. The fourth-order valence-corrected chi connectivity index (χ4v) is 3.13. The first-order chi connectivity index (χ1) is 13.8. The van der Waals surface area contributed by atoms with Gasteiger partial charge < -0.3 is 0 Å². The van der Waals surface area contributed by atoms with Gasteiger partial charge in [-0.3, -0.25) is 15.0 Å². The van der Waals surface area contributed by atoms with E-state index in [0.29, 0.717) is 17.5 Å². The van der Waals surface area contributed by atoms with Gasteiger partial charge in [-0.05, 0) is 49.2 Å². The summed E-state index contributed by atoms with van der Waals surface area (Å²) in [6, 6.07) is 12.3. The summed E-state index contributed by atoms with van der Waals surface area (Å²) in [5, 5.41) is 10.1. The van der Waals surface area contributed by atoms with Crippen molar-refractivity contribution in [2.45, 2.75) is 37.0 Å². The van der Waals surface area contributed by atoms with E-state index in [1.54, 1.807) is 31.2 Å². The van der Waals surface area contributed by atoms with Crippen molar-refractivity contribution in [3.05, 3.63) is 70.5 Å². The SMILES string of the molecule is CCC(C)N(NC(=O)c1ccc(F)c(C(Cl)Br)c1)C(=O)c1cccc(CC#N)c1. The van der Waals surface area contributed by atoms with Crippen LogP contribution in [0.1, 0.15) is 56.4 Å². The maximum absolute atomic E-state index is 13.8. The van der Waals surface area contributed by atoms with Crippen LogP contribution in [-0.4, -0.2) is 22.9 Å². The monoisotopic (exact) mass is 479 g/mol. The van der Waals surface area contributed by atoms with Gasteiger partial charge in [0.15, 0.2) is 0 Å². The van der Waals surface area contributed by atoms with Gasteiger partial charge in [0.1, 0.15) is 10.1 Å². The van der Waals surface area contributed by atoms with Crippen molar-refractivity contribution < 1.29 is 14.0 Å². The van der Waals surface area contributed by atoms with Gasteiger partial charge >= 0.3 is 0 Å². The second-order valence-electron chi connectivity index (χ2n) is 6.45. The van der Waals surface area contributed by atoms with E-state index in [1.807, 2.05) is 13.0 Å². The Morgan fingerprint density at radius 2 is 2.00 bits per heavy atom. The molecule has 152 valence electrons. The Hall–Kier alpha value is -2.43. The van der Waals surface area contributed by atoms with E-state index in [-0.39, 0.29) is 23.6 Å². The number of halogens is 3. The maximum Gasteiger partial charge on any atom is 0.272 e. The van der Waals surface area contributed by atoms with Crippen LogP contribution < -0.4 is 5.43 Å². The molecule has 0 saturated carbocycles. The number of nitrogens with zero attached hydrogens (tertiary/aromatic N) is 2. The first kappa shape index (κ1) is 22.9. The summed E-state index contributed by atoms with van der Waals surface area (Å²) in [6.45, 7) is 3.70. The molecule has 0 bridgehead atoms. The highest BCUT2D eigenvalue weighted by molar-refractivity contribution is 9.09. The van der Waals surface area contributed by atoms with E-state index >= 15 is 0 Å². The van der Waals surface area contributed by atoms with Gasteiger partial charge in [-0.15, -0.1) is 11.6 Å². The summed E-state index contributed by atoms with van der Waals surface area (Å²) >= 11 is 8.97. The van der Waals surface area contributed by atoms with Gasteiger partial charge in [0.05, 0.1) is 18.5 Å². The molecule has 5 nitrogen and oxygen atoms in total. The number of carbonyl (C=O) groups is 2. The van der Waals surface area contributed by atoms with Crippen molar-refractivity contribution >= 4 is 39.3 Å². The number of nitriles is 1. The van der Waals surface area contributed by atoms with Crippen molar-refractivity contribution in [1.82, 2.24) is 10.4 Å². The predicted molar refractivity (Wildman–Crippen MR) is 113 cm³/mol. The summed E-state index contributed by atoms with van der Waals surface area (Å²) in [4.78, 5) is 25.8. The molecule has 2 unspecified atom stereocenters. The lowest BCUT2D eigenvalue weighted by Crippen LogP contribution is -2.50. The zero-order valence-corrected chi connectivity index (χ0v) is 18.3. The van der Waals surface area contributed by atoms with Crippen LogP contribution in [0.4, 0.5) is 4.39 Å². The zero-order valence-electron chi connectivity index (χ0n) is 16.0. The first-order valence-electron chi connectivity index (χ1n) is 8.96. The molecule has 0 aliphatic carbocycles. The Morgan fingerprint density at radius 1 is 1.28 bits per heavy atom. The molecule has 1 N–H and O–H groups in total. The highest BCUT2D eigenvalue weighted by Crippen LogP contribution is 2.29. The normalized spacial score (nSPS) is 12.6. The minimum absolute atomic E-state index is 0.130. The largest absolute Gasteiger partial charge is 0.272 e. The number of rotatable bonds is 6. The molecular weight excluding hydrogens is 461 g/mol. The Morgan fingerprint density at radius 3 is 2.62 bits per heavy atom. The summed E-state index contributed by atoms with van der Waals surface area (Å²) in [7, 11) is 0. The second kappa shape index (κ2) is 10.4. The lowest BCUT2D eigenvalue weighted by molar-refractivity contribution is 0.0494. The number of benzene rings is 2. The number of nitrogens with one attached hydrogen (secondary N) is 1. The third kappa shape index (κ3) is 5.78. The van der Waals surface area contributed by atoms with Gasteiger partial charge in [-0.2, -0.15) is 5.26 Å². The smallest absolute Gasteiger partial charge is 0.267 e. The average Bonchev–Trinajstić information content (AvgIpc) is 2.71.